The Morgan fingerprint density at radius 3 is 2.84 bits per heavy atom. The van der Waals surface area contributed by atoms with E-state index in [1.54, 1.807) is 7.11 Å². The SMILES string of the molecule is COc1ccc(C)cc1-n1nc(C2CC2)nc1CN. The second-order valence-corrected chi connectivity index (χ2v) is 4.95. The molecular formula is C14H18N4O. The van der Waals surface area contributed by atoms with Crippen LogP contribution < -0.4 is 10.5 Å². The van der Waals surface area contributed by atoms with Gasteiger partial charge in [-0.25, -0.2) is 9.67 Å². The highest BCUT2D eigenvalue weighted by atomic mass is 16.5. The van der Waals surface area contributed by atoms with Gasteiger partial charge in [-0.3, -0.25) is 0 Å². The number of aryl methyl sites for hydroxylation is 1. The highest BCUT2D eigenvalue weighted by Gasteiger charge is 2.29. The third kappa shape index (κ3) is 2.21. The fourth-order valence-corrected chi connectivity index (χ4v) is 2.17. The van der Waals surface area contributed by atoms with Crippen molar-refractivity contribution in [2.24, 2.45) is 5.73 Å². The van der Waals surface area contributed by atoms with Crippen LogP contribution in [0, 0.1) is 6.92 Å². The van der Waals surface area contributed by atoms with E-state index in [2.05, 4.69) is 10.1 Å². The molecule has 0 amide bonds. The van der Waals surface area contributed by atoms with Crippen molar-refractivity contribution in [2.75, 3.05) is 7.11 Å². The summed E-state index contributed by atoms with van der Waals surface area (Å²) in [6.07, 6.45) is 2.36. The van der Waals surface area contributed by atoms with Crippen molar-refractivity contribution in [3.63, 3.8) is 0 Å². The third-order valence-electron chi connectivity index (χ3n) is 3.38. The summed E-state index contributed by atoms with van der Waals surface area (Å²) >= 11 is 0. The van der Waals surface area contributed by atoms with Crippen molar-refractivity contribution in [3.8, 4) is 11.4 Å². The number of nitrogens with zero attached hydrogens (tertiary/aromatic N) is 3. The Hall–Kier alpha value is -1.88. The van der Waals surface area contributed by atoms with Crippen LogP contribution in [0.2, 0.25) is 0 Å². The molecule has 1 aromatic heterocycles. The summed E-state index contributed by atoms with van der Waals surface area (Å²) in [7, 11) is 1.66. The highest BCUT2D eigenvalue weighted by Crippen LogP contribution is 2.38. The largest absolute Gasteiger partial charge is 0.494 e. The molecule has 1 saturated carbocycles. The Morgan fingerprint density at radius 1 is 1.42 bits per heavy atom. The topological polar surface area (TPSA) is 66.0 Å². The molecule has 0 atom stereocenters. The molecule has 0 unspecified atom stereocenters. The molecule has 5 nitrogen and oxygen atoms in total. The Balaban J connectivity index is 2.12. The molecule has 1 heterocycles. The monoisotopic (exact) mass is 258 g/mol. The number of hydrogen-bond acceptors (Lipinski definition) is 4. The second-order valence-electron chi connectivity index (χ2n) is 4.95. The minimum atomic E-state index is 0.372. The van der Waals surface area contributed by atoms with E-state index >= 15 is 0 Å². The molecule has 0 bridgehead atoms. The first-order valence-electron chi connectivity index (χ1n) is 6.54. The van der Waals surface area contributed by atoms with Crippen LogP contribution in [0.5, 0.6) is 5.75 Å². The zero-order valence-electron chi connectivity index (χ0n) is 11.3. The maximum absolute atomic E-state index is 5.79. The molecule has 1 aliphatic carbocycles. The van der Waals surface area contributed by atoms with Gasteiger partial charge >= 0.3 is 0 Å². The first-order valence-corrected chi connectivity index (χ1v) is 6.54. The van der Waals surface area contributed by atoms with Gasteiger partial charge in [0.05, 0.1) is 13.7 Å². The summed E-state index contributed by atoms with van der Waals surface area (Å²) in [6, 6.07) is 6.01. The molecule has 1 aliphatic rings. The number of methoxy groups -OCH3 is 1. The molecule has 0 aliphatic heterocycles. The molecule has 5 heteroatoms. The van der Waals surface area contributed by atoms with Crippen molar-refractivity contribution in [1.29, 1.82) is 0 Å². The number of aromatic nitrogens is 3. The number of benzene rings is 1. The van der Waals surface area contributed by atoms with Crippen LogP contribution in [0.25, 0.3) is 5.69 Å². The molecule has 0 saturated heterocycles. The molecule has 1 aromatic carbocycles. The standard InChI is InChI=1S/C14H18N4O/c1-9-3-6-12(19-2)11(7-9)18-13(8-15)16-14(17-18)10-4-5-10/h3,6-7,10H,4-5,8,15H2,1-2H3. The second kappa shape index (κ2) is 4.66. The summed E-state index contributed by atoms with van der Waals surface area (Å²) < 4.78 is 7.23. The minimum absolute atomic E-state index is 0.372. The van der Waals surface area contributed by atoms with Gasteiger partial charge in [-0.15, -0.1) is 0 Å². The van der Waals surface area contributed by atoms with E-state index in [0.717, 1.165) is 28.6 Å². The number of nitrogens with two attached hydrogens (primary N) is 1. The van der Waals surface area contributed by atoms with Crippen LogP contribution in [-0.2, 0) is 6.54 Å². The van der Waals surface area contributed by atoms with Gasteiger partial charge in [0.1, 0.15) is 17.3 Å². The minimum Gasteiger partial charge on any atom is -0.494 e. The fraction of sp³-hybridized carbons (Fsp3) is 0.429. The first-order chi connectivity index (χ1) is 9.22. The van der Waals surface area contributed by atoms with Crippen molar-refractivity contribution < 1.29 is 4.74 Å². The highest BCUT2D eigenvalue weighted by molar-refractivity contribution is 5.49. The summed E-state index contributed by atoms with van der Waals surface area (Å²) in [5.74, 6) is 2.99. The lowest BCUT2D eigenvalue weighted by Crippen LogP contribution is -2.09. The van der Waals surface area contributed by atoms with Crippen LogP contribution in [0.4, 0.5) is 0 Å². The molecular weight excluding hydrogens is 240 g/mol. The van der Waals surface area contributed by atoms with Gasteiger partial charge in [-0.05, 0) is 37.5 Å². The van der Waals surface area contributed by atoms with Crippen LogP contribution >= 0.6 is 0 Å². The van der Waals surface area contributed by atoms with Crippen molar-refractivity contribution >= 4 is 0 Å². The van der Waals surface area contributed by atoms with E-state index in [1.165, 1.54) is 12.8 Å². The number of hydrogen-bond donors (Lipinski definition) is 1. The fourth-order valence-electron chi connectivity index (χ4n) is 2.17. The lowest BCUT2D eigenvalue weighted by molar-refractivity contribution is 0.411. The van der Waals surface area contributed by atoms with Crippen LogP contribution in [-0.4, -0.2) is 21.9 Å². The number of ether oxygens (including phenoxy) is 1. The van der Waals surface area contributed by atoms with Crippen LogP contribution in [0.3, 0.4) is 0 Å². The Kier molecular flexibility index (Phi) is 2.98. The molecule has 2 N–H and O–H groups in total. The van der Waals surface area contributed by atoms with E-state index in [9.17, 15) is 0 Å². The maximum atomic E-state index is 5.79. The van der Waals surface area contributed by atoms with Crippen LogP contribution in [0.15, 0.2) is 18.2 Å². The van der Waals surface area contributed by atoms with Gasteiger partial charge in [0.2, 0.25) is 0 Å². The molecule has 1 fully saturated rings. The predicted molar refractivity (Wildman–Crippen MR) is 72.5 cm³/mol. The summed E-state index contributed by atoms with van der Waals surface area (Å²) in [5.41, 5.74) is 7.85. The summed E-state index contributed by atoms with van der Waals surface area (Å²) in [6.45, 7) is 2.42. The van der Waals surface area contributed by atoms with Crippen molar-refractivity contribution in [2.45, 2.75) is 32.2 Å². The van der Waals surface area contributed by atoms with Gasteiger partial charge in [0.25, 0.3) is 0 Å². The first kappa shape index (κ1) is 12.2. The van der Waals surface area contributed by atoms with Crippen molar-refractivity contribution in [3.05, 3.63) is 35.4 Å². The zero-order chi connectivity index (χ0) is 13.4. The third-order valence-corrected chi connectivity index (χ3v) is 3.38. The average Bonchev–Trinajstić information content (AvgIpc) is 3.18. The van der Waals surface area contributed by atoms with E-state index in [-0.39, 0.29) is 0 Å². The maximum Gasteiger partial charge on any atom is 0.154 e. The lowest BCUT2D eigenvalue weighted by atomic mass is 10.2. The van der Waals surface area contributed by atoms with Gasteiger partial charge in [-0.2, -0.15) is 5.10 Å². The van der Waals surface area contributed by atoms with E-state index in [4.69, 9.17) is 10.5 Å². The van der Waals surface area contributed by atoms with Gasteiger partial charge < -0.3 is 10.5 Å². The zero-order valence-corrected chi connectivity index (χ0v) is 11.3. The smallest absolute Gasteiger partial charge is 0.154 e. The number of rotatable bonds is 4. The molecule has 2 aromatic rings. The Labute approximate surface area is 112 Å². The molecule has 19 heavy (non-hydrogen) atoms. The van der Waals surface area contributed by atoms with E-state index < -0.39 is 0 Å². The summed E-state index contributed by atoms with van der Waals surface area (Å²) in [4.78, 5) is 4.54. The van der Waals surface area contributed by atoms with Gasteiger partial charge in [-0.1, -0.05) is 6.07 Å². The van der Waals surface area contributed by atoms with Gasteiger partial charge in [0.15, 0.2) is 5.82 Å². The van der Waals surface area contributed by atoms with E-state index in [1.807, 2.05) is 29.8 Å². The molecule has 3 rings (SSSR count). The normalized spacial score (nSPS) is 14.7. The van der Waals surface area contributed by atoms with Crippen LogP contribution in [0.1, 0.15) is 36.0 Å². The summed E-state index contributed by atoms with van der Waals surface area (Å²) in [5, 5.41) is 4.61. The average molecular weight is 258 g/mol. The Morgan fingerprint density at radius 2 is 2.21 bits per heavy atom. The van der Waals surface area contributed by atoms with Gasteiger partial charge in [0, 0.05) is 5.92 Å². The predicted octanol–water partition coefficient (Wildman–Crippen LogP) is 1.92. The Bertz CT molecular complexity index is 601. The molecule has 100 valence electrons. The lowest BCUT2D eigenvalue weighted by Gasteiger charge is -2.10. The van der Waals surface area contributed by atoms with E-state index in [0.29, 0.717) is 12.5 Å². The quantitative estimate of drug-likeness (QED) is 0.910. The molecule has 0 radical (unpaired) electrons. The molecule has 0 spiro atoms. The van der Waals surface area contributed by atoms with Crippen molar-refractivity contribution in [1.82, 2.24) is 14.8 Å².